The van der Waals surface area contributed by atoms with E-state index in [1.54, 1.807) is 11.3 Å². The topological polar surface area (TPSA) is 56.3 Å². The Morgan fingerprint density at radius 1 is 1.12 bits per heavy atom. The zero-order chi connectivity index (χ0) is 16.4. The Labute approximate surface area is 146 Å². The Morgan fingerprint density at radius 3 is 2.67 bits per heavy atom. The van der Waals surface area contributed by atoms with E-state index in [4.69, 9.17) is 9.47 Å². The van der Waals surface area contributed by atoms with Gasteiger partial charge in [-0.3, -0.25) is 0 Å². The first-order chi connectivity index (χ1) is 11.8. The van der Waals surface area contributed by atoms with Gasteiger partial charge in [0.1, 0.15) is 23.2 Å². The van der Waals surface area contributed by atoms with Crippen LogP contribution < -0.4 is 14.8 Å². The maximum absolute atomic E-state index is 5.78. The van der Waals surface area contributed by atoms with E-state index in [1.165, 1.54) is 31.2 Å². The van der Waals surface area contributed by atoms with Crippen molar-refractivity contribution in [3.8, 4) is 11.5 Å². The molecule has 0 radical (unpaired) electrons. The molecule has 1 N–H and O–H groups in total. The van der Waals surface area contributed by atoms with Gasteiger partial charge in [0.2, 0.25) is 0 Å². The van der Waals surface area contributed by atoms with Gasteiger partial charge in [0.25, 0.3) is 0 Å². The molecular weight excluding hydrogens is 322 g/mol. The highest BCUT2D eigenvalue weighted by molar-refractivity contribution is 7.11. The van der Waals surface area contributed by atoms with Crippen LogP contribution in [0.15, 0.2) is 18.2 Å². The van der Waals surface area contributed by atoms with Gasteiger partial charge in [0, 0.05) is 18.5 Å². The number of ether oxygens (including phenoxy) is 2. The molecule has 2 heterocycles. The minimum atomic E-state index is 0.190. The summed E-state index contributed by atoms with van der Waals surface area (Å²) in [5.41, 5.74) is 1.56. The van der Waals surface area contributed by atoms with Crippen LogP contribution in [0.25, 0.3) is 0 Å². The first-order valence-electron chi connectivity index (χ1n) is 8.65. The monoisotopic (exact) mass is 345 g/mol. The molecule has 1 saturated carbocycles. The number of benzene rings is 1. The predicted octanol–water partition coefficient (Wildman–Crippen LogP) is 3.22. The zero-order valence-electron chi connectivity index (χ0n) is 14.0. The SMILES string of the molecule is Cc1nnc(CNCC2(c3ccc4c(c3)OCCO4)CCCC2)s1. The van der Waals surface area contributed by atoms with Crippen molar-refractivity contribution in [3.63, 3.8) is 0 Å². The van der Waals surface area contributed by atoms with Crippen molar-refractivity contribution < 1.29 is 9.47 Å². The lowest BCUT2D eigenvalue weighted by atomic mass is 9.78. The number of fused-ring (bicyclic) bond motifs is 1. The molecule has 0 amide bonds. The largest absolute Gasteiger partial charge is 0.486 e. The Hall–Kier alpha value is -1.66. The van der Waals surface area contributed by atoms with Gasteiger partial charge in [-0.2, -0.15) is 0 Å². The second-order valence-electron chi connectivity index (χ2n) is 6.66. The van der Waals surface area contributed by atoms with Gasteiger partial charge in [-0.25, -0.2) is 0 Å². The van der Waals surface area contributed by atoms with Crippen LogP contribution in [0.5, 0.6) is 11.5 Å². The molecule has 2 aromatic rings. The fourth-order valence-electron chi connectivity index (χ4n) is 3.81. The number of hydrogen-bond acceptors (Lipinski definition) is 6. The van der Waals surface area contributed by atoms with Crippen LogP contribution in [0.4, 0.5) is 0 Å². The molecule has 4 rings (SSSR count). The zero-order valence-corrected chi connectivity index (χ0v) is 14.8. The van der Waals surface area contributed by atoms with Crippen molar-refractivity contribution in [2.75, 3.05) is 19.8 Å². The number of nitrogens with zero attached hydrogens (tertiary/aromatic N) is 2. The second-order valence-corrected chi connectivity index (χ2v) is 7.93. The minimum absolute atomic E-state index is 0.190. The van der Waals surface area contributed by atoms with Crippen molar-refractivity contribution in [1.29, 1.82) is 0 Å². The van der Waals surface area contributed by atoms with E-state index in [0.717, 1.165) is 34.6 Å². The van der Waals surface area contributed by atoms with Crippen molar-refractivity contribution >= 4 is 11.3 Å². The van der Waals surface area contributed by atoms with Crippen molar-refractivity contribution in [3.05, 3.63) is 33.8 Å². The minimum Gasteiger partial charge on any atom is -0.486 e. The van der Waals surface area contributed by atoms with Crippen LogP contribution in [0.1, 0.15) is 41.3 Å². The van der Waals surface area contributed by atoms with E-state index < -0.39 is 0 Å². The van der Waals surface area contributed by atoms with Crippen LogP contribution >= 0.6 is 11.3 Å². The number of aryl methyl sites for hydroxylation is 1. The summed E-state index contributed by atoms with van der Waals surface area (Å²) in [6, 6.07) is 6.48. The van der Waals surface area contributed by atoms with E-state index in [9.17, 15) is 0 Å². The number of hydrogen-bond donors (Lipinski definition) is 1. The highest BCUT2D eigenvalue weighted by atomic mass is 32.1. The molecule has 1 aromatic heterocycles. The molecule has 128 valence electrons. The highest BCUT2D eigenvalue weighted by Gasteiger charge is 2.36. The maximum Gasteiger partial charge on any atom is 0.161 e. The Balaban J connectivity index is 1.50. The first kappa shape index (κ1) is 15.8. The number of rotatable bonds is 5. The van der Waals surface area contributed by atoms with E-state index in [1.807, 2.05) is 6.92 Å². The molecule has 0 atom stereocenters. The molecule has 1 aliphatic carbocycles. The molecule has 2 aliphatic rings. The third-order valence-corrected chi connectivity index (χ3v) is 5.86. The second kappa shape index (κ2) is 6.69. The van der Waals surface area contributed by atoms with Crippen LogP contribution in [-0.4, -0.2) is 30.0 Å². The highest BCUT2D eigenvalue weighted by Crippen LogP contribution is 2.43. The molecule has 24 heavy (non-hydrogen) atoms. The Bertz CT molecular complexity index is 710. The van der Waals surface area contributed by atoms with Crippen LogP contribution in [-0.2, 0) is 12.0 Å². The quantitative estimate of drug-likeness (QED) is 0.902. The Kier molecular flexibility index (Phi) is 4.41. The molecule has 0 bridgehead atoms. The molecule has 6 heteroatoms. The van der Waals surface area contributed by atoms with E-state index in [0.29, 0.717) is 13.2 Å². The standard InChI is InChI=1S/C18H23N3O2S/c1-13-20-21-17(24-13)11-19-12-18(6-2-3-7-18)14-4-5-15-16(10-14)23-9-8-22-15/h4-5,10,19H,2-3,6-9,11-12H2,1H3. The molecule has 5 nitrogen and oxygen atoms in total. The first-order valence-corrected chi connectivity index (χ1v) is 9.47. The summed E-state index contributed by atoms with van der Waals surface area (Å²) in [6.45, 7) is 5.02. The summed E-state index contributed by atoms with van der Waals surface area (Å²) in [7, 11) is 0. The van der Waals surface area contributed by atoms with E-state index >= 15 is 0 Å². The van der Waals surface area contributed by atoms with Crippen LogP contribution in [0.2, 0.25) is 0 Å². The fraction of sp³-hybridized carbons (Fsp3) is 0.556. The number of nitrogens with one attached hydrogen (secondary N) is 1. The molecule has 0 unspecified atom stereocenters. The van der Waals surface area contributed by atoms with Crippen LogP contribution in [0.3, 0.4) is 0 Å². The van der Waals surface area contributed by atoms with Gasteiger partial charge in [-0.15, -0.1) is 21.5 Å². The summed E-state index contributed by atoms with van der Waals surface area (Å²) in [5.74, 6) is 1.76. The summed E-state index contributed by atoms with van der Waals surface area (Å²) in [5, 5.41) is 14.0. The normalized spacial score (nSPS) is 18.7. The summed E-state index contributed by atoms with van der Waals surface area (Å²) in [4.78, 5) is 0. The summed E-state index contributed by atoms with van der Waals surface area (Å²) < 4.78 is 11.4. The predicted molar refractivity (Wildman–Crippen MR) is 93.9 cm³/mol. The van der Waals surface area contributed by atoms with E-state index in [2.05, 4.69) is 33.7 Å². The summed E-state index contributed by atoms with van der Waals surface area (Å²) in [6.07, 6.45) is 5.01. The third kappa shape index (κ3) is 3.13. The van der Waals surface area contributed by atoms with Gasteiger partial charge in [-0.05, 0) is 37.5 Å². The Morgan fingerprint density at radius 2 is 1.92 bits per heavy atom. The maximum atomic E-state index is 5.78. The lowest BCUT2D eigenvalue weighted by Crippen LogP contribution is -2.35. The fourth-order valence-corrected chi connectivity index (χ4v) is 4.49. The van der Waals surface area contributed by atoms with E-state index in [-0.39, 0.29) is 5.41 Å². The molecule has 1 aliphatic heterocycles. The van der Waals surface area contributed by atoms with Gasteiger partial charge in [0.15, 0.2) is 11.5 Å². The average molecular weight is 345 g/mol. The van der Waals surface area contributed by atoms with Gasteiger partial charge < -0.3 is 14.8 Å². The van der Waals surface area contributed by atoms with Crippen LogP contribution in [0, 0.1) is 6.92 Å². The molecule has 0 saturated heterocycles. The van der Waals surface area contributed by atoms with Gasteiger partial charge in [-0.1, -0.05) is 18.9 Å². The van der Waals surface area contributed by atoms with Gasteiger partial charge in [0.05, 0.1) is 0 Å². The average Bonchev–Trinajstić information content (AvgIpc) is 3.25. The third-order valence-electron chi connectivity index (χ3n) is 5.02. The molecule has 1 aromatic carbocycles. The molecule has 1 fully saturated rings. The summed E-state index contributed by atoms with van der Waals surface area (Å²) >= 11 is 1.66. The van der Waals surface area contributed by atoms with Crippen molar-refractivity contribution in [2.24, 2.45) is 0 Å². The molecular formula is C18H23N3O2S. The number of aromatic nitrogens is 2. The van der Waals surface area contributed by atoms with Gasteiger partial charge >= 0.3 is 0 Å². The van der Waals surface area contributed by atoms with Crippen molar-refractivity contribution in [1.82, 2.24) is 15.5 Å². The van der Waals surface area contributed by atoms with Crippen molar-refractivity contribution in [2.45, 2.75) is 44.6 Å². The lowest BCUT2D eigenvalue weighted by molar-refractivity contribution is 0.171. The lowest BCUT2D eigenvalue weighted by Gasteiger charge is -2.31. The molecule has 0 spiro atoms. The smallest absolute Gasteiger partial charge is 0.161 e.